The highest BCUT2D eigenvalue weighted by Gasteiger charge is 2.34. The van der Waals surface area contributed by atoms with E-state index in [1.807, 2.05) is 0 Å². The minimum absolute atomic E-state index is 0.0111. The molecule has 118 valence electrons. The Balaban J connectivity index is 1.83. The first-order chi connectivity index (χ1) is 10.1. The molecular weight excluding hydrogens is 272 g/mol. The lowest BCUT2D eigenvalue weighted by atomic mass is 9.91. The summed E-state index contributed by atoms with van der Waals surface area (Å²) in [6.07, 6.45) is 6.29. The normalized spacial score (nSPS) is 26.8. The van der Waals surface area contributed by atoms with Crippen LogP contribution in [-0.2, 0) is 19.1 Å². The zero-order valence-corrected chi connectivity index (χ0v) is 12.3. The highest BCUT2D eigenvalue weighted by Crippen LogP contribution is 2.28. The summed E-state index contributed by atoms with van der Waals surface area (Å²) in [5.41, 5.74) is 5.18. The lowest BCUT2D eigenvalue weighted by Gasteiger charge is -2.30. The van der Waals surface area contributed by atoms with E-state index in [1.54, 1.807) is 0 Å². The summed E-state index contributed by atoms with van der Waals surface area (Å²) >= 11 is 0. The van der Waals surface area contributed by atoms with Gasteiger partial charge in [-0.05, 0) is 12.3 Å². The van der Waals surface area contributed by atoms with Gasteiger partial charge in [-0.1, -0.05) is 25.7 Å². The van der Waals surface area contributed by atoms with Gasteiger partial charge in [-0.25, -0.2) is 0 Å². The molecule has 0 radical (unpaired) electrons. The van der Waals surface area contributed by atoms with E-state index in [0.29, 0.717) is 12.3 Å². The Hall–Kier alpha value is -1.43. The van der Waals surface area contributed by atoms with Crippen LogP contribution in [0.3, 0.4) is 0 Å². The van der Waals surface area contributed by atoms with Crippen molar-refractivity contribution in [1.29, 1.82) is 0 Å². The van der Waals surface area contributed by atoms with Gasteiger partial charge in [0, 0.05) is 18.8 Å². The minimum atomic E-state index is -0.637. The van der Waals surface area contributed by atoms with E-state index in [-0.39, 0.29) is 37.2 Å². The first-order valence-electron chi connectivity index (χ1n) is 7.74. The van der Waals surface area contributed by atoms with Gasteiger partial charge in [-0.15, -0.1) is 0 Å². The fourth-order valence-electron chi connectivity index (χ4n) is 3.27. The molecule has 1 saturated carbocycles. The van der Waals surface area contributed by atoms with Crippen molar-refractivity contribution < 1.29 is 19.1 Å². The van der Waals surface area contributed by atoms with Crippen LogP contribution in [0.25, 0.3) is 0 Å². The molecule has 1 aliphatic heterocycles. The summed E-state index contributed by atoms with van der Waals surface area (Å²) in [5, 5.41) is 2.77. The van der Waals surface area contributed by atoms with Crippen molar-refractivity contribution in [2.75, 3.05) is 13.2 Å². The molecule has 0 spiro atoms. The Bertz CT molecular complexity index is 404. The van der Waals surface area contributed by atoms with Crippen LogP contribution >= 0.6 is 0 Å². The molecule has 0 aromatic rings. The van der Waals surface area contributed by atoms with Gasteiger partial charge in [0.2, 0.25) is 11.8 Å². The molecule has 1 saturated heterocycles. The summed E-state index contributed by atoms with van der Waals surface area (Å²) in [5.74, 6) is -0.483. The average molecular weight is 296 g/mol. The minimum Gasteiger partial charge on any atom is -0.373 e. The maximum absolute atomic E-state index is 12.0. The topological polar surface area (TPSA) is 98.5 Å². The quantitative estimate of drug-likeness (QED) is 0.747. The number of carbonyl (C=O) groups excluding carboxylic acids is 3. The van der Waals surface area contributed by atoms with Crippen LogP contribution in [0.2, 0.25) is 0 Å². The number of hydrogen-bond donors (Lipinski definition) is 2. The third kappa shape index (κ3) is 4.81. The second-order valence-electron chi connectivity index (χ2n) is 6.15. The van der Waals surface area contributed by atoms with Gasteiger partial charge in [0.25, 0.3) is 0 Å². The number of amides is 2. The van der Waals surface area contributed by atoms with Gasteiger partial charge in [0.15, 0.2) is 5.78 Å². The van der Waals surface area contributed by atoms with Crippen molar-refractivity contribution in [3.8, 4) is 0 Å². The maximum Gasteiger partial charge on any atom is 0.220 e. The number of Topliss-reactive ketones (excluding diaryl/α,β-unsaturated/α-hetero) is 1. The van der Waals surface area contributed by atoms with Gasteiger partial charge in [0.05, 0.1) is 12.6 Å². The summed E-state index contributed by atoms with van der Waals surface area (Å²) in [6, 6.07) is -0.637. The van der Waals surface area contributed by atoms with Gasteiger partial charge >= 0.3 is 0 Å². The number of carbonyl (C=O) groups is 3. The molecule has 2 atom stereocenters. The Morgan fingerprint density at radius 3 is 2.67 bits per heavy atom. The zero-order chi connectivity index (χ0) is 15.2. The fourth-order valence-corrected chi connectivity index (χ4v) is 3.27. The van der Waals surface area contributed by atoms with Crippen LogP contribution in [0.1, 0.15) is 44.9 Å². The molecule has 6 heteroatoms. The molecule has 2 amide bonds. The molecule has 2 aliphatic rings. The molecule has 0 aromatic carbocycles. The van der Waals surface area contributed by atoms with Crippen molar-refractivity contribution in [3.05, 3.63) is 0 Å². The largest absolute Gasteiger partial charge is 0.373 e. The predicted molar refractivity (Wildman–Crippen MR) is 76.3 cm³/mol. The SMILES string of the molecule is NC(=O)CC1COCC(=O)C1NC(=O)CCC1CCCC1. The van der Waals surface area contributed by atoms with Crippen LogP contribution in [0.5, 0.6) is 0 Å². The number of nitrogens with two attached hydrogens (primary N) is 1. The number of ether oxygens (including phenoxy) is 1. The molecule has 1 aliphatic carbocycles. The Kier molecular flexibility index (Phi) is 5.73. The molecule has 3 N–H and O–H groups in total. The number of ketones is 1. The molecule has 21 heavy (non-hydrogen) atoms. The molecular formula is C15H24N2O4. The van der Waals surface area contributed by atoms with Crippen molar-refractivity contribution in [1.82, 2.24) is 5.32 Å². The summed E-state index contributed by atoms with van der Waals surface area (Å²) in [7, 11) is 0. The molecule has 2 rings (SSSR count). The van der Waals surface area contributed by atoms with Gasteiger partial charge in [-0.2, -0.15) is 0 Å². The Morgan fingerprint density at radius 1 is 1.29 bits per heavy atom. The number of rotatable bonds is 6. The maximum atomic E-state index is 12.0. The van der Waals surface area contributed by atoms with Crippen LogP contribution in [0, 0.1) is 11.8 Å². The summed E-state index contributed by atoms with van der Waals surface area (Å²) in [4.78, 5) is 35.0. The van der Waals surface area contributed by atoms with Gasteiger partial charge in [-0.3, -0.25) is 14.4 Å². The molecule has 2 unspecified atom stereocenters. The lowest BCUT2D eigenvalue weighted by molar-refractivity contribution is -0.139. The Labute approximate surface area is 124 Å². The van der Waals surface area contributed by atoms with Crippen LogP contribution in [0.15, 0.2) is 0 Å². The summed E-state index contributed by atoms with van der Waals surface area (Å²) in [6.45, 7) is 0.269. The van der Waals surface area contributed by atoms with Crippen molar-refractivity contribution in [2.45, 2.75) is 51.0 Å². The second kappa shape index (κ2) is 7.54. The third-order valence-corrected chi connectivity index (χ3v) is 4.43. The van der Waals surface area contributed by atoms with Crippen molar-refractivity contribution in [3.63, 3.8) is 0 Å². The lowest BCUT2D eigenvalue weighted by Crippen LogP contribution is -2.52. The van der Waals surface area contributed by atoms with Gasteiger partial charge in [0.1, 0.15) is 6.61 Å². The smallest absolute Gasteiger partial charge is 0.220 e. The molecule has 6 nitrogen and oxygen atoms in total. The highest BCUT2D eigenvalue weighted by atomic mass is 16.5. The number of nitrogens with one attached hydrogen (secondary N) is 1. The van der Waals surface area contributed by atoms with E-state index < -0.39 is 11.9 Å². The first kappa shape index (κ1) is 15.9. The van der Waals surface area contributed by atoms with Crippen LogP contribution < -0.4 is 11.1 Å². The molecule has 0 aromatic heterocycles. The van der Waals surface area contributed by atoms with E-state index in [9.17, 15) is 14.4 Å². The second-order valence-corrected chi connectivity index (χ2v) is 6.15. The fraction of sp³-hybridized carbons (Fsp3) is 0.800. The monoisotopic (exact) mass is 296 g/mol. The third-order valence-electron chi connectivity index (χ3n) is 4.43. The van der Waals surface area contributed by atoms with E-state index in [0.717, 1.165) is 6.42 Å². The number of hydrogen-bond acceptors (Lipinski definition) is 4. The average Bonchev–Trinajstić information content (AvgIpc) is 2.93. The van der Waals surface area contributed by atoms with Crippen molar-refractivity contribution in [2.24, 2.45) is 17.6 Å². The predicted octanol–water partition coefficient (Wildman–Crippen LogP) is 0.532. The molecule has 1 heterocycles. The van der Waals surface area contributed by atoms with E-state index >= 15 is 0 Å². The van der Waals surface area contributed by atoms with E-state index in [2.05, 4.69) is 5.32 Å². The standard InChI is InChI=1S/C15H24N2O4/c16-13(19)7-11-8-21-9-12(18)15(11)17-14(20)6-5-10-3-1-2-4-10/h10-11,15H,1-9H2,(H2,16,19)(H,17,20). The van der Waals surface area contributed by atoms with Gasteiger partial charge < -0.3 is 15.8 Å². The number of primary amides is 1. The molecule has 0 bridgehead atoms. The highest BCUT2D eigenvalue weighted by molar-refractivity contribution is 5.91. The van der Waals surface area contributed by atoms with Crippen LogP contribution in [0.4, 0.5) is 0 Å². The molecule has 2 fully saturated rings. The van der Waals surface area contributed by atoms with E-state index in [4.69, 9.17) is 10.5 Å². The summed E-state index contributed by atoms with van der Waals surface area (Å²) < 4.78 is 5.14. The van der Waals surface area contributed by atoms with Crippen LogP contribution in [-0.4, -0.2) is 36.9 Å². The Morgan fingerprint density at radius 2 is 2.00 bits per heavy atom. The van der Waals surface area contributed by atoms with Crippen molar-refractivity contribution >= 4 is 17.6 Å². The zero-order valence-electron chi connectivity index (χ0n) is 12.3. The first-order valence-corrected chi connectivity index (χ1v) is 7.74. The van der Waals surface area contributed by atoms with E-state index in [1.165, 1.54) is 25.7 Å².